The molecule has 0 fully saturated rings. The Morgan fingerprint density at radius 2 is 0.600 bits per heavy atom. The van der Waals surface area contributed by atoms with Crippen LogP contribution in [0.25, 0.3) is 0 Å². The maximum absolute atomic E-state index is 0. The second-order valence-electron chi connectivity index (χ2n) is 0. The van der Waals surface area contributed by atoms with Gasteiger partial charge in [-0.2, -0.15) is 0 Å². The summed E-state index contributed by atoms with van der Waals surface area (Å²) >= 11 is 0. The summed E-state index contributed by atoms with van der Waals surface area (Å²) in [5.74, 6) is 0. The van der Waals surface area contributed by atoms with Gasteiger partial charge < -0.3 is 0 Å². The van der Waals surface area contributed by atoms with Gasteiger partial charge in [0.2, 0.25) is 0 Å². The molecule has 0 aromatic carbocycles. The quantitative estimate of drug-likeness (QED) is 0.275. The van der Waals surface area contributed by atoms with E-state index in [4.69, 9.17) is 0 Å². The fourth-order valence-electron chi connectivity index (χ4n) is 0. The summed E-state index contributed by atoms with van der Waals surface area (Å²) in [7, 11) is 0. The summed E-state index contributed by atoms with van der Waals surface area (Å²) < 4.78 is 0. The molecule has 0 unspecified atom stereocenters. The first kappa shape index (κ1) is 36.0. The van der Waals surface area contributed by atoms with Crippen LogP contribution in [0.3, 0.4) is 0 Å². The third-order valence-corrected chi connectivity index (χ3v) is 0. The molecule has 0 rings (SSSR count). The SMILES string of the molecule is [BH4-].[BH4-].[K+].[K+].[LiH]. The zero-order valence-electron chi connectivity index (χ0n) is 2.00. The zero-order valence-corrected chi connectivity index (χ0v) is 8.25. The fourth-order valence-corrected chi connectivity index (χ4v) is 0. The summed E-state index contributed by atoms with van der Waals surface area (Å²) in [5, 5.41) is 0. The van der Waals surface area contributed by atoms with Gasteiger partial charge in [-0.3, -0.25) is 0 Å². The summed E-state index contributed by atoms with van der Waals surface area (Å²) in [5.41, 5.74) is 0. The van der Waals surface area contributed by atoms with Crippen LogP contribution in [0.1, 0.15) is 0 Å². The van der Waals surface area contributed by atoms with Gasteiger partial charge in [-0.25, -0.2) is 0 Å². The predicted octanol–water partition coefficient (Wildman–Crippen LogP) is -9.54. The van der Waals surface area contributed by atoms with Crippen molar-refractivity contribution >= 4 is 35.7 Å². The molecule has 0 saturated heterocycles. The van der Waals surface area contributed by atoms with Crippen molar-refractivity contribution in [3.05, 3.63) is 0 Å². The molecule has 0 aromatic heterocycles. The van der Waals surface area contributed by atoms with Crippen LogP contribution >= 0.6 is 0 Å². The van der Waals surface area contributed by atoms with Crippen molar-refractivity contribution in [3.63, 3.8) is 0 Å². The van der Waals surface area contributed by atoms with Gasteiger partial charge >= 0.3 is 122 Å². The van der Waals surface area contributed by atoms with Crippen molar-refractivity contribution in [2.45, 2.75) is 0 Å². The molecular formula is H9B2K2Li. The van der Waals surface area contributed by atoms with E-state index in [-0.39, 0.29) is 138 Å². The minimum absolute atomic E-state index is 0. The molecule has 0 amide bonds. The molecule has 5 heteroatoms. The monoisotopic (exact) mass is 116 g/mol. The molecule has 0 aromatic rings. The van der Waals surface area contributed by atoms with Crippen LogP contribution in [0, 0.1) is 0 Å². The Balaban J connectivity index is 0. The first-order valence-electron chi connectivity index (χ1n) is 0. The summed E-state index contributed by atoms with van der Waals surface area (Å²) in [6, 6.07) is 0. The van der Waals surface area contributed by atoms with Gasteiger partial charge in [-0.1, -0.05) is 16.8 Å². The Labute approximate surface area is 134 Å². The zero-order chi connectivity index (χ0) is 0. The molecule has 0 N–H and O–H groups in total. The topological polar surface area (TPSA) is 0 Å². The van der Waals surface area contributed by atoms with E-state index in [1.165, 1.54) is 0 Å². The van der Waals surface area contributed by atoms with Crippen molar-refractivity contribution in [1.82, 2.24) is 0 Å². The van der Waals surface area contributed by atoms with Gasteiger partial charge in [0.15, 0.2) is 0 Å². The van der Waals surface area contributed by atoms with Gasteiger partial charge in [-0.15, -0.1) is 0 Å². The van der Waals surface area contributed by atoms with Gasteiger partial charge in [-0.05, 0) is 0 Å². The van der Waals surface area contributed by atoms with Gasteiger partial charge in [0, 0.05) is 0 Å². The van der Waals surface area contributed by atoms with E-state index in [1.807, 2.05) is 0 Å². The second-order valence-corrected chi connectivity index (χ2v) is 0. The van der Waals surface area contributed by atoms with Crippen LogP contribution in [0.15, 0.2) is 0 Å². The van der Waals surface area contributed by atoms with E-state index >= 15 is 0 Å². The molecule has 0 saturated carbocycles. The molecule has 0 aliphatic heterocycles. The first-order chi connectivity index (χ1) is 0. The summed E-state index contributed by atoms with van der Waals surface area (Å²) in [6.45, 7) is 0. The third-order valence-electron chi connectivity index (χ3n) is 0. The van der Waals surface area contributed by atoms with Crippen LogP contribution in [0.4, 0.5) is 0 Å². The summed E-state index contributed by atoms with van der Waals surface area (Å²) in [6.07, 6.45) is 0. The predicted molar refractivity (Wildman–Crippen MR) is 29.8 cm³/mol. The number of hydrogen-bond donors (Lipinski definition) is 0. The van der Waals surface area contributed by atoms with E-state index in [1.54, 1.807) is 0 Å². The van der Waals surface area contributed by atoms with Crippen molar-refractivity contribution < 1.29 is 103 Å². The van der Waals surface area contributed by atoms with Gasteiger partial charge in [0.25, 0.3) is 0 Å². The normalized spacial score (nSPS) is 0. The van der Waals surface area contributed by atoms with Crippen molar-refractivity contribution in [3.8, 4) is 0 Å². The molecule has 0 bridgehead atoms. The Kier molecular flexibility index (Phi) is 176. The minimum atomic E-state index is 0. The Morgan fingerprint density at radius 1 is 0.600 bits per heavy atom. The Bertz CT molecular complexity index is 7.61. The van der Waals surface area contributed by atoms with Gasteiger partial charge in [0.05, 0.1) is 0 Å². The second kappa shape index (κ2) is 24.5. The van der Waals surface area contributed by atoms with E-state index in [9.17, 15) is 0 Å². The van der Waals surface area contributed by atoms with Crippen LogP contribution in [0.5, 0.6) is 0 Å². The van der Waals surface area contributed by atoms with Gasteiger partial charge in [0.1, 0.15) is 0 Å². The van der Waals surface area contributed by atoms with Crippen LogP contribution in [-0.4, -0.2) is 35.7 Å². The third kappa shape index (κ3) is 18.0. The molecular weight excluding hydrogens is 107 g/mol. The van der Waals surface area contributed by atoms with Crippen molar-refractivity contribution in [2.24, 2.45) is 0 Å². The van der Waals surface area contributed by atoms with Crippen LogP contribution in [0.2, 0.25) is 0 Å². The molecule has 0 atom stereocenters. The van der Waals surface area contributed by atoms with Crippen LogP contribution in [-0.2, 0) is 0 Å². The van der Waals surface area contributed by atoms with E-state index in [0.717, 1.165) is 0 Å². The molecule has 0 aliphatic carbocycles. The van der Waals surface area contributed by atoms with Crippen LogP contribution < -0.4 is 103 Å². The fraction of sp³-hybridized carbons (Fsp3) is 0. The molecule has 0 aliphatic rings. The molecule has 0 heterocycles. The molecule has 5 heavy (non-hydrogen) atoms. The molecule has 0 radical (unpaired) electrons. The Morgan fingerprint density at radius 3 is 0.600 bits per heavy atom. The Hall–Kier alpha value is 4.00. The van der Waals surface area contributed by atoms with Crippen molar-refractivity contribution in [1.29, 1.82) is 0 Å². The first-order valence-corrected chi connectivity index (χ1v) is 0. The molecule has 0 spiro atoms. The molecule has 18 valence electrons. The number of rotatable bonds is 0. The molecule has 0 nitrogen and oxygen atoms in total. The van der Waals surface area contributed by atoms with E-state index in [0.29, 0.717) is 0 Å². The standard InChI is InChI=1S/2BH4.2K.Li.H/h2*1H4;;;;/q2*-1;2*+1;;. The number of hydrogen-bond acceptors (Lipinski definition) is 0. The van der Waals surface area contributed by atoms with E-state index < -0.39 is 0 Å². The van der Waals surface area contributed by atoms with E-state index in [2.05, 4.69) is 0 Å². The average Bonchev–Trinajstić information content (AvgIpc) is 0. The summed E-state index contributed by atoms with van der Waals surface area (Å²) in [4.78, 5) is 0. The average molecular weight is 116 g/mol. The maximum atomic E-state index is 0. The van der Waals surface area contributed by atoms with Crippen molar-refractivity contribution in [2.75, 3.05) is 0 Å².